The normalized spacial score (nSPS) is 20.1. The second-order valence-electron chi connectivity index (χ2n) is 3.71. The Hall–Kier alpha value is -1.56. The Morgan fingerprint density at radius 1 is 1.44 bits per heavy atom. The molecule has 0 spiro atoms. The van der Waals surface area contributed by atoms with Crippen LogP contribution in [0.25, 0.3) is 0 Å². The van der Waals surface area contributed by atoms with Gasteiger partial charge in [0.05, 0.1) is 13.2 Å². The first-order valence-corrected chi connectivity index (χ1v) is 5.18. The van der Waals surface area contributed by atoms with Crippen molar-refractivity contribution in [2.75, 3.05) is 37.9 Å². The van der Waals surface area contributed by atoms with Gasteiger partial charge in [-0.3, -0.25) is 0 Å². The van der Waals surface area contributed by atoms with Gasteiger partial charge in [-0.05, 0) is 6.42 Å². The lowest BCUT2D eigenvalue weighted by Crippen LogP contribution is -2.24. The van der Waals surface area contributed by atoms with Crippen LogP contribution < -0.4 is 15.4 Å². The molecule has 88 valence electrons. The van der Waals surface area contributed by atoms with Gasteiger partial charge in [0.15, 0.2) is 5.82 Å². The number of nitrogens with two attached hydrogens (primary N) is 1. The van der Waals surface area contributed by atoms with Gasteiger partial charge in [0.2, 0.25) is 5.88 Å². The zero-order valence-electron chi connectivity index (χ0n) is 9.51. The highest BCUT2D eigenvalue weighted by Crippen LogP contribution is 2.30. The molecule has 0 aromatic carbocycles. The first kappa shape index (κ1) is 10.9. The molecule has 1 atom stereocenters. The van der Waals surface area contributed by atoms with Gasteiger partial charge >= 0.3 is 0 Å². The fraction of sp³-hybridized carbons (Fsp3) is 0.600. The van der Waals surface area contributed by atoms with Crippen LogP contribution in [-0.2, 0) is 4.74 Å². The number of aromatic nitrogens is 2. The Balaban J connectivity index is 2.21. The SMILES string of the molecule is COc1ncnc(N2CCC(OC)C2)c1N. The molecule has 1 aromatic rings. The predicted octanol–water partition coefficient (Wildman–Crippen LogP) is 0.292. The van der Waals surface area contributed by atoms with Gasteiger partial charge in [-0.2, -0.15) is 4.98 Å². The molecular weight excluding hydrogens is 208 g/mol. The topological polar surface area (TPSA) is 73.5 Å². The van der Waals surface area contributed by atoms with Gasteiger partial charge in [-0.1, -0.05) is 0 Å². The van der Waals surface area contributed by atoms with Crippen molar-refractivity contribution < 1.29 is 9.47 Å². The lowest BCUT2D eigenvalue weighted by Gasteiger charge is -2.19. The molecule has 1 saturated heterocycles. The maximum atomic E-state index is 5.93. The molecule has 2 rings (SSSR count). The van der Waals surface area contributed by atoms with Crippen molar-refractivity contribution in [1.29, 1.82) is 0 Å². The molecule has 1 unspecified atom stereocenters. The van der Waals surface area contributed by atoms with E-state index in [9.17, 15) is 0 Å². The third-order valence-corrected chi connectivity index (χ3v) is 2.80. The first-order chi connectivity index (χ1) is 7.76. The molecule has 0 radical (unpaired) electrons. The summed E-state index contributed by atoms with van der Waals surface area (Å²) in [5.74, 6) is 1.15. The highest BCUT2D eigenvalue weighted by Gasteiger charge is 2.25. The number of nitrogens with zero attached hydrogens (tertiary/aromatic N) is 3. The zero-order valence-corrected chi connectivity index (χ0v) is 9.51. The molecule has 1 aliphatic rings. The molecule has 2 heterocycles. The van der Waals surface area contributed by atoms with E-state index in [0.717, 1.165) is 25.3 Å². The largest absolute Gasteiger partial charge is 0.479 e. The van der Waals surface area contributed by atoms with Crippen LogP contribution in [0.15, 0.2) is 6.33 Å². The highest BCUT2D eigenvalue weighted by molar-refractivity contribution is 5.68. The van der Waals surface area contributed by atoms with Crippen molar-refractivity contribution >= 4 is 11.5 Å². The average molecular weight is 224 g/mol. The van der Waals surface area contributed by atoms with E-state index in [-0.39, 0.29) is 6.10 Å². The first-order valence-electron chi connectivity index (χ1n) is 5.18. The summed E-state index contributed by atoms with van der Waals surface area (Å²) in [6.07, 6.45) is 2.70. The van der Waals surface area contributed by atoms with Crippen molar-refractivity contribution in [2.24, 2.45) is 0 Å². The summed E-state index contributed by atoms with van der Waals surface area (Å²) in [6.45, 7) is 1.70. The van der Waals surface area contributed by atoms with Gasteiger partial charge in [-0.25, -0.2) is 4.98 Å². The quantitative estimate of drug-likeness (QED) is 0.795. The third kappa shape index (κ3) is 1.88. The lowest BCUT2D eigenvalue weighted by molar-refractivity contribution is 0.121. The van der Waals surface area contributed by atoms with Gasteiger partial charge in [0.25, 0.3) is 0 Å². The Bertz CT molecular complexity index is 372. The number of hydrogen-bond donors (Lipinski definition) is 1. The van der Waals surface area contributed by atoms with Crippen LogP contribution >= 0.6 is 0 Å². The lowest BCUT2D eigenvalue weighted by atomic mass is 10.3. The highest BCUT2D eigenvalue weighted by atomic mass is 16.5. The second-order valence-corrected chi connectivity index (χ2v) is 3.71. The number of rotatable bonds is 3. The third-order valence-electron chi connectivity index (χ3n) is 2.80. The smallest absolute Gasteiger partial charge is 0.242 e. The van der Waals surface area contributed by atoms with Crippen molar-refractivity contribution in [2.45, 2.75) is 12.5 Å². The molecule has 6 heteroatoms. The fourth-order valence-corrected chi connectivity index (χ4v) is 1.90. The van der Waals surface area contributed by atoms with E-state index >= 15 is 0 Å². The summed E-state index contributed by atoms with van der Waals surface area (Å²) in [4.78, 5) is 10.2. The molecule has 0 amide bonds. The van der Waals surface area contributed by atoms with Gasteiger partial charge in [-0.15, -0.1) is 0 Å². The number of anilines is 2. The van der Waals surface area contributed by atoms with E-state index in [1.54, 1.807) is 14.2 Å². The van der Waals surface area contributed by atoms with Crippen LogP contribution in [0.2, 0.25) is 0 Å². The minimum Gasteiger partial charge on any atom is -0.479 e. The molecule has 2 N–H and O–H groups in total. The molecule has 0 bridgehead atoms. The minimum atomic E-state index is 0.250. The van der Waals surface area contributed by atoms with Crippen LogP contribution in [0, 0.1) is 0 Å². The Labute approximate surface area is 94.4 Å². The van der Waals surface area contributed by atoms with E-state index in [2.05, 4.69) is 14.9 Å². The number of hydrogen-bond acceptors (Lipinski definition) is 6. The van der Waals surface area contributed by atoms with E-state index in [4.69, 9.17) is 15.2 Å². The van der Waals surface area contributed by atoms with Crippen molar-refractivity contribution in [3.63, 3.8) is 0 Å². The van der Waals surface area contributed by atoms with Crippen LogP contribution in [0.3, 0.4) is 0 Å². The molecule has 1 fully saturated rings. The van der Waals surface area contributed by atoms with E-state index in [1.807, 2.05) is 0 Å². The maximum absolute atomic E-state index is 5.93. The van der Waals surface area contributed by atoms with Crippen LogP contribution in [0.1, 0.15) is 6.42 Å². The molecule has 1 aliphatic heterocycles. The molecular formula is C10H16N4O2. The van der Waals surface area contributed by atoms with Crippen molar-refractivity contribution in [1.82, 2.24) is 9.97 Å². The summed E-state index contributed by atoms with van der Waals surface area (Å²) in [7, 11) is 3.27. The minimum absolute atomic E-state index is 0.250. The van der Waals surface area contributed by atoms with E-state index < -0.39 is 0 Å². The monoisotopic (exact) mass is 224 g/mol. The van der Waals surface area contributed by atoms with Crippen molar-refractivity contribution in [3.8, 4) is 5.88 Å². The predicted molar refractivity (Wildman–Crippen MR) is 60.6 cm³/mol. The summed E-state index contributed by atoms with van der Waals surface area (Å²) in [5.41, 5.74) is 6.42. The number of methoxy groups -OCH3 is 2. The van der Waals surface area contributed by atoms with Crippen LogP contribution in [-0.4, -0.2) is 43.4 Å². The number of ether oxygens (including phenoxy) is 2. The van der Waals surface area contributed by atoms with Gasteiger partial charge in [0, 0.05) is 20.2 Å². The summed E-state index contributed by atoms with van der Waals surface area (Å²) in [6, 6.07) is 0. The number of nitrogen functional groups attached to an aromatic ring is 1. The van der Waals surface area contributed by atoms with E-state index in [0.29, 0.717) is 11.6 Å². The Kier molecular flexibility index (Phi) is 3.09. The second kappa shape index (κ2) is 4.52. The maximum Gasteiger partial charge on any atom is 0.242 e. The molecule has 0 aliphatic carbocycles. The Morgan fingerprint density at radius 3 is 2.88 bits per heavy atom. The standard InChI is InChI=1S/C10H16N4O2/c1-15-7-3-4-14(5-7)9-8(11)10(16-2)13-6-12-9/h6-7H,3-5,11H2,1-2H3. The average Bonchev–Trinajstić information content (AvgIpc) is 2.78. The summed E-state index contributed by atoms with van der Waals surface area (Å²) < 4.78 is 10.4. The molecule has 1 aromatic heterocycles. The van der Waals surface area contributed by atoms with Crippen LogP contribution in [0.4, 0.5) is 11.5 Å². The summed E-state index contributed by atoms with van der Waals surface area (Å²) >= 11 is 0. The van der Waals surface area contributed by atoms with Gasteiger partial charge in [0.1, 0.15) is 12.0 Å². The molecule has 16 heavy (non-hydrogen) atoms. The fourth-order valence-electron chi connectivity index (χ4n) is 1.90. The Morgan fingerprint density at radius 2 is 2.25 bits per heavy atom. The van der Waals surface area contributed by atoms with Crippen molar-refractivity contribution in [3.05, 3.63) is 6.33 Å². The zero-order chi connectivity index (χ0) is 11.5. The summed E-state index contributed by atoms with van der Waals surface area (Å²) in [5, 5.41) is 0. The van der Waals surface area contributed by atoms with E-state index in [1.165, 1.54) is 6.33 Å². The molecule has 6 nitrogen and oxygen atoms in total. The van der Waals surface area contributed by atoms with Crippen LogP contribution in [0.5, 0.6) is 5.88 Å². The molecule has 0 saturated carbocycles. The van der Waals surface area contributed by atoms with Gasteiger partial charge < -0.3 is 20.1 Å².